The number of hydrogen-bond acceptors (Lipinski definition) is 5. The molecule has 1 aromatic rings. The van der Waals surface area contributed by atoms with E-state index in [9.17, 15) is 14.4 Å². The normalized spacial score (nSPS) is 28.8. The van der Waals surface area contributed by atoms with Crippen molar-refractivity contribution in [1.29, 1.82) is 0 Å². The molecule has 0 aromatic heterocycles. The van der Waals surface area contributed by atoms with Crippen molar-refractivity contribution in [1.82, 2.24) is 15.5 Å². The molecule has 1 saturated carbocycles. The number of rotatable bonds is 5. The summed E-state index contributed by atoms with van der Waals surface area (Å²) in [5, 5.41) is 5.85. The molecule has 0 bridgehead atoms. The lowest BCUT2D eigenvalue weighted by Gasteiger charge is -2.50. The Balaban J connectivity index is 1.37. The average molecular weight is 384 g/mol. The van der Waals surface area contributed by atoms with Crippen molar-refractivity contribution < 1.29 is 14.4 Å². The van der Waals surface area contributed by atoms with Crippen LogP contribution in [0, 0.1) is 11.3 Å². The maximum absolute atomic E-state index is 12.7. The van der Waals surface area contributed by atoms with Gasteiger partial charge >= 0.3 is 0 Å². The number of imide groups is 1. The van der Waals surface area contributed by atoms with Crippen LogP contribution in [0.5, 0.6) is 0 Å². The summed E-state index contributed by atoms with van der Waals surface area (Å²) < 4.78 is 0. The van der Waals surface area contributed by atoms with Gasteiger partial charge in [0.25, 0.3) is 5.91 Å². The van der Waals surface area contributed by atoms with Gasteiger partial charge < -0.3 is 16.0 Å². The molecule has 3 unspecified atom stereocenters. The third-order valence-corrected chi connectivity index (χ3v) is 6.85. The van der Waals surface area contributed by atoms with Crippen molar-refractivity contribution in [2.75, 3.05) is 6.54 Å². The molecule has 0 radical (unpaired) electrons. The fourth-order valence-electron chi connectivity index (χ4n) is 4.53. The largest absolute Gasteiger partial charge is 0.327 e. The zero-order valence-corrected chi connectivity index (χ0v) is 16.5. The number of nitrogens with zero attached hydrogens (tertiary/aromatic N) is 1. The Kier molecular flexibility index (Phi) is 4.75. The van der Waals surface area contributed by atoms with Crippen LogP contribution in [0.1, 0.15) is 54.6 Å². The summed E-state index contributed by atoms with van der Waals surface area (Å²) in [5.41, 5.74) is 8.98. The molecule has 28 heavy (non-hydrogen) atoms. The monoisotopic (exact) mass is 384 g/mol. The molecule has 0 spiro atoms. The van der Waals surface area contributed by atoms with E-state index in [0.29, 0.717) is 24.4 Å². The second-order valence-corrected chi connectivity index (χ2v) is 8.88. The lowest BCUT2D eigenvalue weighted by Crippen LogP contribution is -2.57. The molecule has 150 valence electrons. The van der Waals surface area contributed by atoms with Crippen LogP contribution >= 0.6 is 0 Å². The molecule has 7 nitrogen and oxygen atoms in total. The first kappa shape index (κ1) is 19.1. The van der Waals surface area contributed by atoms with Crippen LogP contribution in [0.15, 0.2) is 18.2 Å². The van der Waals surface area contributed by atoms with Crippen molar-refractivity contribution >= 4 is 17.7 Å². The van der Waals surface area contributed by atoms with Gasteiger partial charge in [0, 0.05) is 31.1 Å². The fraction of sp³-hybridized carbons (Fsp3) is 0.571. The number of nitrogens with one attached hydrogen (secondary N) is 2. The number of fused-ring (bicyclic) bond motifs is 1. The highest BCUT2D eigenvalue weighted by molar-refractivity contribution is 6.05. The van der Waals surface area contributed by atoms with Crippen LogP contribution in [0.3, 0.4) is 0 Å². The molecular weight excluding hydrogens is 356 g/mol. The Hall–Kier alpha value is -2.25. The second kappa shape index (κ2) is 6.97. The molecule has 7 heteroatoms. The predicted octanol–water partition coefficient (Wildman–Crippen LogP) is 0.911. The smallest absolute Gasteiger partial charge is 0.255 e. The quantitative estimate of drug-likeness (QED) is 0.655. The zero-order chi connectivity index (χ0) is 20.1. The summed E-state index contributed by atoms with van der Waals surface area (Å²) in [6.45, 7) is 6.52. The van der Waals surface area contributed by atoms with E-state index < -0.39 is 6.04 Å². The van der Waals surface area contributed by atoms with Gasteiger partial charge in [-0.3, -0.25) is 19.7 Å². The third kappa shape index (κ3) is 3.22. The third-order valence-electron chi connectivity index (χ3n) is 6.85. The molecule has 4 rings (SSSR count). The van der Waals surface area contributed by atoms with Crippen LogP contribution < -0.4 is 16.4 Å². The first-order valence-corrected chi connectivity index (χ1v) is 10.00. The zero-order valence-electron chi connectivity index (χ0n) is 16.5. The van der Waals surface area contributed by atoms with E-state index in [-0.39, 0.29) is 35.6 Å². The van der Waals surface area contributed by atoms with Gasteiger partial charge in [0.1, 0.15) is 6.04 Å². The summed E-state index contributed by atoms with van der Waals surface area (Å²) in [6, 6.07) is 5.58. The number of benzene rings is 1. The van der Waals surface area contributed by atoms with Crippen molar-refractivity contribution in [3.63, 3.8) is 0 Å². The average Bonchev–Trinajstić information content (AvgIpc) is 2.97. The van der Waals surface area contributed by atoms with Crippen molar-refractivity contribution in [2.45, 2.75) is 58.3 Å². The molecule has 2 aliphatic heterocycles. The van der Waals surface area contributed by atoms with E-state index in [1.165, 1.54) is 0 Å². The SMILES string of the molecule is CC1(C)C(N)CC1CNCc1ccc2c(c1)CN(C1CCC(=O)NC1=O)C2=O. The molecule has 4 N–H and O–H groups in total. The number of carbonyl (C=O) groups is 3. The van der Waals surface area contributed by atoms with E-state index in [2.05, 4.69) is 24.5 Å². The molecule has 3 amide bonds. The second-order valence-electron chi connectivity index (χ2n) is 8.88. The highest BCUT2D eigenvalue weighted by atomic mass is 16.2. The first-order valence-electron chi connectivity index (χ1n) is 10.00. The lowest BCUT2D eigenvalue weighted by molar-refractivity contribution is -0.136. The summed E-state index contributed by atoms with van der Waals surface area (Å²) in [5.74, 6) is -0.189. The molecule has 2 heterocycles. The number of piperidine rings is 1. The van der Waals surface area contributed by atoms with Gasteiger partial charge in [0.05, 0.1) is 0 Å². The van der Waals surface area contributed by atoms with E-state index in [0.717, 1.165) is 30.6 Å². The minimum absolute atomic E-state index is 0.130. The predicted molar refractivity (Wildman–Crippen MR) is 104 cm³/mol. The molecule has 1 saturated heterocycles. The molecule has 1 aromatic carbocycles. The van der Waals surface area contributed by atoms with Crippen molar-refractivity contribution in [3.05, 3.63) is 34.9 Å². The van der Waals surface area contributed by atoms with Crippen LogP contribution in [0.25, 0.3) is 0 Å². The Morgan fingerprint density at radius 3 is 2.75 bits per heavy atom. The molecule has 2 fully saturated rings. The minimum atomic E-state index is -0.566. The summed E-state index contributed by atoms with van der Waals surface area (Å²) >= 11 is 0. The van der Waals surface area contributed by atoms with Crippen LogP contribution in [-0.2, 0) is 22.7 Å². The Morgan fingerprint density at radius 1 is 1.29 bits per heavy atom. The molecular formula is C21H28N4O3. The van der Waals surface area contributed by atoms with Crippen LogP contribution in [-0.4, -0.2) is 41.2 Å². The lowest BCUT2D eigenvalue weighted by atomic mass is 9.59. The Bertz CT molecular complexity index is 835. The van der Waals surface area contributed by atoms with Crippen molar-refractivity contribution in [2.24, 2.45) is 17.1 Å². The molecule has 3 atom stereocenters. The minimum Gasteiger partial charge on any atom is -0.327 e. The topological polar surface area (TPSA) is 105 Å². The van der Waals surface area contributed by atoms with Gasteiger partial charge in [-0.1, -0.05) is 26.0 Å². The maximum Gasteiger partial charge on any atom is 0.255 e. The maximum atomic E-state index is 12.7. The summed E-state index contributed by atoms with van der Waals surface area (Å²) in [6.07, 6.45) is 1.71. The van der Waals surface area contributed by atoms with Gasteiger partial charge in [-0.2, -0.15) is 0 Å². The Labute approximate surface area is 165 Å². The number of carbonyl (C=O) groups excluding carboxylic acids is 3. The van der Waals surface area contributed by atoms with Gasteiger partial charge in [0.15, 0.2) is 0 Å². The number of hydrogen-bond donors (Lipinski definition) is 3. The number of nitrogens with two attached hydrogens (primary N) is 1. The highest BCUT2D eigenvalue weighted by Crippen LogP contribution is 2.44. The van der Waals surface area contributed by atoms with E-state index in [1.807, 2.05) is 18.2 Å². The van der Waals surface area contributed by atoms with E-state index in [1.54, 1.807) is 4.90 Å². The standard InChI is InChI=1S/C21H28N4O3/c1-21(2)14(8-17(21)22)10-23-9-12-3-4-15-13(7-12)11-25(20(15)28)16-5-6-18(26)24-19(16)27/h3-4,7,14,16-17,23H,5-6,8-11,22H2,1-2H3,(H,24,26,27). The first-order chi connectivity index (χ1) is 13.3. The van der Waals surface area contributed by atoms with Crippen LogP contribution in [0.4, 0.5) is 0 Å². The van der Waals surface area contributed by atoms with Gasteiger partial charge in [-0.25, -0.2) is 0 Å². The summed E-state index contributed by atoms with van der Waals surface area (Å²) in [4.78, 5) is 37.8. The summed E-state index contributed by atoms with van der Waals surface area (Å²) in [7, 11) is 0. The van der Waals surface area contributed by atoms with Gasteiger partial charge in [-0.15, -0.1) is 0 Å². The van der Waals surface area contributed by atoms with E-state index in [4.69, 9.17) is 5.73 Å². The van der Waals surface area contributed by atoms with E-state index >= 15 is 0 Å². The molecule has 1 aliphatic carbocycles. The van der Waals surface area contributed by atoms with Gasteiger partial charge in [0.2, 0.25) is 11.8 Å². The molecule has 3 aliphatic rings. The van der Waals surface area contributed by atoms with Crippen LogP contribution in [0.2, 0.25) is 0 Å². The van der Waals surface area contributed by atoms with Gasteiger partial charge in [-0.05, 0) is 47.9 Å². The number of amides is 3. The fourth-order valence-corrected chi connectivity index (χ4v) is 4.53. The van der Waals surface area contributed by atoms with Crippen molar-refractivity contribution in [3.8, 4) is 0 Å². The Morgan fingerprint density at radius 2 is 2.07 bits per heavy atom. The highest BCUT2D eigenvalue weighted by Gasteiger charge is 2.45.